The topological polar surface area (TPSA) is 75.3 Å². The molecule has 162 valence electrons. The fourth-order valence-electron chi connectivity index (χ4n) is 3.61. The minimum absolute atomic E-state index is 0.253. The van der Waals surface area contributed by atoms with Crippen LogP contribution in [0, 0.1) is 0 Å². The molecule has 1 atom stereocenters. The van der Waals surface area contributed by atoms with Crippen molar-refractivity contribution in [2.45, 2.75) is 37.8 Å². The zero-order valence-electron chi connectivity index (χ0n) is 16.8. The largest absolute Gasteiger partial charge is 0.416 e. The summed E-state index contributed by atoms with van der Waals surface area (Å²) in [7, 11) is 0. The van der Waals surface area contributed by atoms with E-state index in [9.17, 15) is 27.6 Å². The van der Waals surface area contributed by atoms with E-state index >= 15 is 0 Å². The number of amides is 3. The summed E-state index contributed by atoms with van der Waals surface area (Å²) in [5.74, 6) is -1.12. The van der Waals surface area contributed by atoms with Gasteiger partial charge in [-0.2, -0.15) is 13.2 Å². The van der Waals surface area contributed by atoms with E-state index in [2.05, 4.69) is 10.6 Å². The lowest BCUT2D eigenvalue weighted by molar-refractivity contribution is -0.139. The molecule has 0 spiro atoms. The Morgan fingerprint density at radius 3 is 2.48 bits per heavy atom. The molecule has 1 heterocycles. The molecule has 8 heteroatoms. The maximum absolute atomic E-state index is 12.8. The number of hydrogen-bond acceptors (Lipinski definition) is 3. The first-order valence-corrected chi connectivity index (χ1v) is 9.75. The second-order valence-corrected chi connectivity index (χ2v) is 7.34. The summed E-state index contributed by atoms with van der Waals surface area (Å²) in [6.07, 6.45) is -0.798. The highest BCUT2D eigenvalue weighted by atomic mass is 19.4. The van der Waals surface area contributed by atoms with Gasteiger partial charge in [-0.15, -0.1) is 0 Å². The third kappa shape index (κ3) is 5.02. The molecule has 1 fully saturated rings. The van der Waals surface area contributed by atoms with Gasteiger partial charge < -0.3 is 5.32 Å². The molecule has 3 rings (SSSR count). The summed E-state index contributed by atoms with van der Waals surface area (Å²) in [6.45, 7) is 1.88. The predicted molar refractivity (Wildman–Crippen MR) is 110 cm³/mol. The molecule has 0 aromatic heterocycles. The van der Waals surface area contributed by atoms with Gasteiger partial charge in [-0.05, 0) is 54.3 Å². The highest BCUT2D eigenvalue weighted by Crippen LogP contribution is 2.36. The van der Waals surface area contributed by atoms with E-state index in [0.717, 1.165) is 23.8 Å². The van der Waals surface area contributed by atoms with Crippen LogP contribution in [-0.4, -0.2) is 17.7 Å². The molecule has 3 amide bonds. The van der Waals surface area contributed by atoms with Crippen LogP contribution >= 0.6 is 0 Å². The fourth-order valence-corrected chi connectivity index (χ4v) is 3.61. The van der Waals surface area contributed by atoms with Crippen molar-refractivity contribution in [1.29, 1.82) is 0 Å². The Kier molecular flexibility index (Phi) is 6.29. The summed E-state index contributed by atoms with van der Waals surface area (Å²) in [5.41, 5.74) is -0.106. The van der Waals surface area contributed by atoms with Crippen molar-refractivity contribution in [3.63, 3.8) is 0 Å². The van der Waals surface area contributed by atoms with Crippen LogP contribution in [0.15, 0.2) is 54.6 Å². The summed E-state index contributed by atoms with van der Waals surface area (Å²) < 4.78 is 38.3. The van der Waals surface area contributed by atoms with Gasteiger partial charge >= 0.3 is 6.18 Å². The van der Waals surface area contributed by atoms with Gasteiger partial charge in [0, 0.05) is 18.2 Å². The Labute approximate surface area is 177 Å². The lowest BCUT2D eigenvalue weighted by Crippen LogP contribution is -2.51. The van der Waals surface area contributed by atoms with Crippen molar-refractivity contribution in [3.05, 3.63) is 71.3 Å². The van der Waals surface area contributed by atoms with Crippen LogP contribution in [0.4, 0.5) is 18.9 Å². The summed E-state index contributed by atoms with van der Waals surface area (Å²) in [6, 6.07) is 11.4. The van der Waals surface area contributed by atoms with Crippen LogP contribution in [0.25, 0.3) is 6.08 Å². The molecule has 31 heavy (non-hydrogen) atoms. The first-order valence-electron chi connectivity index (χ1n) is 9.75. The van der Waals surface area contributed by atoms with Crippen LogP contribution in [0.5, 0.6) is 0 Å². The number of carbonyl (C=O) groups is 3. The number of imide groups is 1. The average molecular weight is 430 g/mol. The molecule has 2 aromatic rings. The Morgan fingerprint density at radius 2 is 1.87 bits per heavy atom. The Hall–Kier alpha value is -3.42. The molecule has 0 bridgehead atoms. The third-order valence-corrected chi connectivity index (χ3v) is 5.42. The van der Waals surface area contributed by atoms with E-state index in [4.69, 9.17) is 0 Å². The van der Waals surface area contributed by atoms with Gasteiger partial charge in [0.15, 0.2) is 0 Å². The van der Waals surface area contributed by atoms with Gasteiger partial charge in [-0.1, -0.05) is 31.2 Å². The maximum atomic E-state index is 12.8. The highest BCUT2D eigenvalue weighted by molar-refractivity contribution is 6.04. The number of rotatable bonds is 5. The number of nitrogens with one attached hydrogen (secondary N) is 2. The van der Waals surface area contributed by atoms with E-state index in [1.807, 2.05) is 6.92 Å². The lowest BCUT2D eigenvalue weighted by atomic mass is 9.72. The van der Waals surface area contributed by atoms with E-state index in [-0.39, 0.29) is 23.8 Å². The molecule has 1 unspecified atom stereocenters. The van der Waals surface area contributed by atoms with E-state index < -0.39 is 23.1 Å². The second kappa shape index (κ2) is 8.75. The molecular formula is C23H21F3N2O3. The summed E-state index contributed by atoms with van der Waals surface area (Å²) in [5, 5.41) is 5.02. The average Bonchev–Trinajstić information content (AvgIpc) is 2.73. The molecule has 1 aliphatic rings. The molecule has 0 saturated carbocycles. The number of benzene rings is 2. The zero-order valence-corrected chi connectivity index (χ0v) is 16.8. The molecule has 2 N–H and O–H groups in total. The van der Waals surface area contributed by atoms with Crippen LogP contribution < -0.4 is 10.6 Å². The number of halogens is 3. The molecule has 0 aliphatic carbocycles. The molecule has 1 saturated heterocycles. The molecule has 5 nitrogen and oxygen atoms in total. The lowest BCUT2D eigenvalue weighted by Gasteiger charge is -2.35. The Morgan fingerprint density at radius 1 is 1.16 bits per heavy atom. The minimum atomic E-state index is -4.45. The van der Waals surface area contributed by atoms with Gasteiger partial charge in [-0.3, -0.25) is 19.7 Å². The predicted octanol–water partition coefficient (Wildman–Crippen LogP) is 4.44. The van der Waals surface area contributed by atoms with Crippen molar-refractivity contribution < 1.29 is 27.6 Å². The first kappa shape index (κ1) is 22.3. The summed E-state index contributed by atoms with van der Waals surface area (Å²) >= 11 is 0. The van der Waals surface area contributed by atoms with Crippen LogP contribution in [0.1, 0.15) is 42.9 Å². The fraction of sp³-hybridized carbons (Fsp3) is 0.261. The molecule has 1 aliphatic heterocycles. The van der Waals surface area contributed by atoms with Crippen molar-refractivity contribution in [1.82, 2.24) is 5.32 Å². The van der Waals surface area contributed by atoms with E-state index in [0.29, 0.717) is 18.5 Å². The van der Waals surface area contributed by atoms with Gasteiger partial charge in [0.25, 0.3) is 0 Å². The molecular weight excluding hydrogens is 409 g/mol. The monoisotopic (exact) mass is 430 g/mol. The standard InChI is InChI=1S/C23H21F3N2O3/c1-2-22(13-12-20(30)28-21(22)31)16-7-9-18(10-8-16)27-19(29)11-6-15-4-3-5-17(14-15)23(24,25)26/h3-11,14H,2,12-13H2,1H3,(H,27,29)(H,28,30,31)/b11-6+. The minimum Gasteiger partial charge on any atom is -0.323 e. The quantitative estimate of drug-likeness (QED) is 0.544. The van der Waals surface area contributed by atoms with E-state index in [1.54, 1.807) is 24.3 Å². The first-order chi connectivity index (χ1) is 14.6. The van der Waals surface area contributed by atoms with Crippen LogP contribution in [0.3, 0.4) is 0 Å². The number of hydrogen-bond donors (Lipinski definition) is 2. The summed E-state index contributed by atoms with van der Waals surface area (Å²) in [4.78, 5) is 36.1. The molecule has 0 radical (unpaired) electrons. The van der Waals surface area contributed by atoms with Crippen LogP contribution in [0.2, 0.25) is 0 Å². The SMILES string of the molecule is CCC1(c2ccc(NC(=O)/C=C/c3cccc(C(F)(F)F)c3)cc2)CCC(=O)NC1=O. The number of carbonyl (C=O) groups excluding carboxylic acids is 3. The molecule has 2 aromatic carbocycles. The number of alkyl halides is 3. The van der Waals surface area contributed by atoms with E-state index in [1.165, 1.54) is 18.2 Å². The maximum Gasteiger partial charge on any atom is 0.416 e. The van der Waals surface area contributed by atoms with Crippen molar-refractivity contribution >= 4 is 29.5 Å². The van der Waals surface area contributed by atoms with Crippen LogP contribution in [-0.2, 0) is 26.0 Å². The van der Waals surface area contributed by atoms with Gasteiger partial charge in [0.05, 0.1) is 11.0 Å². The zero-order chi connectivity index (χ0) is 22.6. The van der Waals surface area contributed by atoms with Crippen molar-refractivity contribution in [2.24, 2.45) is 0 Å². The Balaban J connectivity index is 1.69. The van der Waals surface area contributed by atoms with Gasteiger partial charge in [0.2, 0.25) is 17.7 Å². The van der Waals surface area contributed by atoms with Gasteiger partial charge in [0.1, 0.15) is 0 Å². The smallest absolute Gasteiger partial charge is 0.323 e. The normalized spacial score (nSPS) is 19.4. The Bertz CT molecular complexity index is 1030. The third-order valence-electron chi connectivity index (χ3n) is 5.42. The van der Waals surface area contributed by atoms with Crippen molar-refractivity contribution in [2.75, 3.05) is 5.32 Å². The number of anilines is 1. The number of piperidine rings is 1. The van der Waals surface area contributed by atoms with Crippen molar-refractivity contribution in [3.8, 4) is 0 Å². The second-order valence-electron chi connectivity index (χ2n) is 7.34. The highest BCUT2D eigenvalue weighted by Gasteiger charge is 2.42. The van der Waals surface area contributed by atoms with Gasteiger partial charge in [-0.25, -0.2) is 0 Å².